The van der Waals surface area contributed by atoms with Crippen LogP contribution in [0.1, 0.15) is 21.6 Å². The SMILES string of the molecule is Cc1ccccc1CNC(=O)c1ccccn1. The molecular formula is C14H14N2O. The smallest absolute Gasteiger partial charge is 0.270 e. The Morgan fingerprint density at radius 3 is 2.65 bits per heavy atom. The van der Waals surface area contributed by atoms with Crippen LogP contribution in [0.2, 0.25) is 0 Å². The van der Waals surface area contributed by atoms with Gasteiger partial charge in [0.05, 0.1) is 0 Å². The number of benzene rings is 1. The Bertz CT molecular complexity index is 509. The molecule has 17 heavy (non-hydrogen) atoms. The molecule has 0 bridgehead atoms. The van der Waals surface area contributed by atoms with Crippen molar-refractivity contribution < 1.29 is 4.79 Å². The van der Waals surface area contributed by atoms with E-state index in [-0.39, 0.29) is 5.91 Å². The summed E-state index contributed by atoms with van der Waals surface area (Å²) >= 11 is 0. The van der Waals surface area contributed by atoms with Crippen molar-refractivity contribution in [1.82, 2.24) is 10.3 Å². The zero-order valence-electron chi connectivity index (χ0n) is 9.68. The summed E-state index contributed by atoms with van der Waals surface area (Å²) in [5, 5.41) is 2.85. The lowest BCUT2D eigenvalue weighted by molar-refractivity contribution is 0.0946. The molecule has 1 aromatic carbocycles. The van der Waals surface area contributed by atoms with Crippen LogP contribution >= 0.6 is 0 Å². The zero-order valence-corrected chi connectivity index (χ0v) is 9.68. The molecule has 0 aliphatic heterocycles. The number of pyridine rings is 1. The highest BCUT2D eigenvalue weighted by Crippen LogP contribution is 2.06. The average molecular weight is 226 g/mol. The summed E-state index contributed by atoms with van der Waals surface area (Å²) in [7, 11) is 0. The van der Waals surface area contributed by atoms with Gasteiger partial charge in [-0.2, -0.15) is 0 Å². The van der Waals surface area contributed by atoms with Crippen molar-refractivity contribution in [2.75, 3.05) is 0 Å². The first-order valence-corrected chi connectivity index (χ1v) is 5.51. The van der Waals surface area contributed by atoms with E-state index in [0.717, 1.165) is 5.56 Å². The van der Waals surface area contributed by atoms with Crippen molar-refractivity contribution in [3.8, 4) is 0 Å². The summed E-state index contributed by atoms with van der Waals surface area (Å²) < 4.78 is 0. The van der Waals surface area contributed by atoms with Gasteiger partial charge in [-0.05, 0) is 30.2 Å². The molecule has 1 N–H and O–H groups in total. The first-order chi connectivity index (χ1) is 8.27. The molecule has 3 heteroatoms. The number of aromatic nitrogens is 1. The van der Waals surface area contributed by atoms with Crippen LogP contribution in [0, 0.1) is 6.92 Å². The van der Waals surface area contributed by atoms with Crippen LogP contribution in [0.3, 0.4) is 0 Å². The first-order valence-electron chi connectivity index (χ1n) is 5.51. The fraction of sp³-hybridized carbons (Fsp3) is 0.143. The highest BCUT2D eigenvalue weighted by Gasteiger charge is 2.05. The lowest BCUT2D eigenvalue weighted by Gasteiger charge is -2.07. The van der Waals surface area contributed by atoms with Gasteiger partial charge < -0.3 is 5.32 Å². The van der Waals surface area contributed by atoms with Gasteiger partial charge in [0.25, 0.3) is 5.91 Å². The van der Waals surface area contributed by atoms with Crippen LogP contribution in [0.4, 0.5) is 0 Å². The number of carbonyl (C=O) groups excluding carboxylic acids is 1. The Morgan fingerprint density at radius 2 is 1.94 bits per heavy atom. The van der Waals surface area contributed by atoms with Crippen molar-refractivity contribution in [2.45, 2.75) is 13.5 Å². The van der Waals surface area contributed by atoms with Gasteiger partial charge in [-0.25, -0.2) is 0 Å². The number of nitrogens with one attached hydrogen (secondary N) is 1. The first kappa shape index (κ1) is 11.3. The maximum Gasteiger partial charge on any atom is 0.270 e. The fourth-order valence-electron chi connectivity index (χ4n) is 1.57. The molecule has 1 amide bonds. The molecular weight excluding hydrogens is 212 g/mol. The largest absolute Gasteiger partial charge is 0.347 e. The molecule has 0 atom stereocenters. The number of nitrogens with zero attached hydrogens (tertiary/aromatic N) is 1. The second-order valence-corrected chi connectivity index (χ2v) is 3.82. The highest BCUT2D eigenvalue weighted by molar-refractivity contribution is 5.92. The van der Waals surface area contributed by atoms with Crippen molar-refractivity contribution in [2.24, 2.45) is 0 Å². The Kier molecular flexibility index (Phi) is 3.50. The molecule has 0 saturated carbocycles. The Labute approximate surface area is 101 Å². The van der Waals surface area contributed by atoms with E-state index < -0.39 is 0 Å². The number of hydrogen-bond acceptors (Lipinski definition) is 2. The zero-order chi connectivity index (χ0) is 12.1. The number of amides is 1. The van der Waals surface area contributed by atoms with Gasteiger partial charge in [0.1, 0.15) is 5.69 Å². The molecule has 0 aliphatic rings. The molecule has 0 radical (unpaired) electrons. The van der Waals surface area contributed by atoms with Gasteiger partial charge in [0, 0.05) is 12.7 Å². The molecule has 0 fully saturated rings. The Hall–Kier alpha value is -2.16. The van der Waals surface area contributed by atoms with E-state index in [2.05, 4.69) is 10.3 Å². The summed E-state index contributed by atoms with van der Waals surface area (Å²) in [6.45, 7) is 2.56. The van der Waals surface area contributed by atoms with Gasteiger partial charge in [-0.3, -0.25) is 9.78 Å². The summed E-state index contributed by atoms with van der Waals surface area (Å²) in [6.07, 6.45) is 1.61. The van der Waals surface area contributed by atoms with Crippen LogP contribution in [0.5, 0.6) is 0 Å². The maximum absolute atomic E-state index is 11.8. The van der Waals surface area contributed by atoms with Crippen LogP contribution in [0.25, 0.3) is 0 Å². The summed E-state index contributed by atoms with van der Waals surface area (Å²) in [5.41, 5.74) is 2.74. The fourth-order valence-corrected chi connectivity index (χ4v) is 1.57. The predicted octanol–water partition coefficient (Wildman–Crippen LogP) is 2.32. The topological polar surface area (TPSA) is 42.0 Å². The van der Waals surface area contributed by atoms with Crippen LogP contribution in [0.15, 0.2) is 48.7 Å². The van der Waals surface area contributed by atoms with E-state index in [1.165, 1.54) is 5.56 Å². The quantitative estimate of drug-likeness (QED) is 0.872. The molecule has 2 aromatic rings. The van der Waals surface area contributed by atoms with E-state index in [4.69, 9.17) is 0 Å². The third-order valence-corrected chi connectivity index (χ3v) is 2.60. The van der Waals surface area contributed by atoms with Crippen LogP contribution < -0.4 is 5.32 Å². The third kappa shape index (κ3) is 2.91. The predicted molar refractivity (Wildman–Crippen MR) is 66.6 cm³/mol. The second kappa shape index (κ2) is 5.25. The van der Waals surface area contributed by atoms with Gasteiger partial charge >= 0.3 is 0 Å². The van der Waals surface area contributed by atoms with Crippen molar-refractivity contribution >= 4 is 5.91 Å². The van der Waals surface area contributed by atoms with Gasteiger partial charge in [-0.15, -0.1) is 0 Å². The lowest BCUT2D eigenvalue weighted by atomic mass is 10.1. The number of carbonyl (C=O) groups is 1. The average Bonchev–Trinajstić information content (AvgIpc) is 2.38. The van der Waals surface area contributed by atoms with Gasteiger partial charge in [0.2, 0.25) is 0 Å². The monoisotopic (exact) mass is 226 g/mol. The molecule has 2 rings (SSSR count). The van der Waals surface area contributed by atoms with E-state index in [9.17, 15) is 4.79 Å². The standard InChI is InChI=1S/C14H14N2O/c1-11-6-2-3-7-12(11)10-16-14(17)13-8-4-5-9-15-13/h2-9H,10H2,1H3,(H,16,17). The number of hydrogen-bond donors (Lipinski definition) is 1. The van der Waals surface area contributed by atoms with E-state index in [0.29, 0.717) is 12.2 Å². The molecule has 0 aliphatic carbocycles. The van der Waals surface area contributed by atoms with E-state index >= 15 is 0 Å². The van der Waals surface area contributed by atoms with Crippen LogP contribution in [-0.4, -0.2) is 10.9 Å². The summed E-state index contributed by atoms with van der Waals surface area (Å²) in [5.74, 6) is -0.145. The molecule has 0 unspecified atom stereocenters. The lowest BCUT2D eigenvalue weighted by Crippen LogP contribution is -2.23. The molecule has 3 nitrogen and oxygen atoms in total. The highest BCUT2D eigenvalue weighted by atomic mass is 16.1. The van der Waals surface area contributed by atoms with Crippen molar-refractivity contribution in [3.05, 3.63) is 65.5 Å². The Balaban J connectivity index is 2.00. The minimum Gasteiger partial charge on any atom is -0.347 e. The summed E-state index contributed by atoms with van der Waals surface area (Å²) in [6, 6.07) is 13.3. The molecule has 1 aromatic heterocycles. The maximum atomic E-state index is 11.8. The van der Waals surface area contributed by atoms with Gasteiger partial charge in [0.15, 0.2) is 0 Å². The minimum absolute atomic E-state index is 0.145. The van der Waals surface area contributed by atoms with Crippen molar-refractivity contribution in [1.29, 1.82) is 0 Å². The molecule has 0 spiro atoms. The molecule has 0 saturated heterocycles. The summed E-state index contributed by atoms with van der Waals surface area (Å²) in [4.78, 5) is 15.8. The van der Waals surface area contributed by atoms with E-state index in [1.54, 1.807) is 24.4 Å². The molecule has 1 heterocycles. The number of aryl methyl sites for hydroxylation is 1. The normalized spacial score (nSPS) is 9.94. The van der Waals surface area contributed by atoms with Gasteiger partial charge in [-0.1, -0.05) is 30.3 Å². The van der Waals surface area contributed by atoms with Crippen LogP contribution in [-0.2, 0) is 6.54 Å². The third-order valence-electron chi connectivity index (χ3n) is 2.60. The Morgan fingerprint density at radius 1 is 1.18 bits per heavy atom. The molecule has 86 valence electrons. The minimum atomic E-state index is -0.145. The second-order valence-electron chi connectivity index (χ2n) is 3.82. The van der Waals surface area contributed by atoms with Crippen molar-refractivity contribution in [3.63, 3.8) is 0 Å². The van der Waals surface area contributed by atoms with E-state index in [1.807, 2.05) is 31.2 Å². The number of rotatable bonds is 3.